The molecule has 82 valence electrons. The van der Waals surface area contributed by atoms with E-state index >= 15 is 0 Å². The number of aliphatic carboxylic acids is 1. The Balaban J connectivity index is 3.65. The molecule has 0 aliphatic carbocycles. The van der Waals surface area contributed by atoms with E-state index in [4.69, 9.17) is 5.11 Å². The molecule has 0 saturated carbocycles. The molecule has 1 N–H and O–H groups in total. The monoisotopic (exact) mass is 210 g/mol. The molecule has 0 fully saturated rings. The highest BCUT2D eigenvalue weighted by Crippen LogP contribution is 2.07. The zero-order chi connectivity index (χ0) is 11.1. The number of carboxylic acids is 1. The zero-order valence-corrected chi connectivity index (χ0v) is 7.70. The van der Waals surface area contributed by atoms with Crippen molar-refractivity contribution in [3.8, 4) is 0 Å². The number of hydrogen-bond donors (Lipinski definition) is 1. The van der Waals surface area contributed by atoms with E-state index < -0.39 is 43.7 Å². The normalized spacial score (nSPS) is 14.5. The standard InChI is InChI=1S/C8H12F2O4/c1-5(9)4-8(13)14-6(10)2-3-7(11)12/h5-6H,2-4H2,1H3,(H,11,12). The Morgan fingerprint density at radius 1 is 1.43 bits per heavy atom. The van der Waals surface area contributed by atoms with Gasteiger partial charge in [-0.05, 0) is 6.92 Å². The first-order valence-corrected chi connectivity index (χ1v) is 4.11. The van der Waals surface area contributed by atoms with Crippen molar-refractivity contribution in [2.24, 2.45) is 0 Å². The largest absolute Gasteiger partial charge is 0.481 e. The fourth-order valence-corrected chi connectivity index (χ4v) is 0.716. The van der Waals surface area contributed by atoms with Crippen LogP contribution in [0.1, 0.15) is 26.2 Å². The van der Waals surface area contributed by atoms with Gasteiger partial charge in [0.1, 0.15) is 6.17 Å². The van der Waals surface area contributed by atoms with Crippen molar-refractivity contribution in [2.75, 3.05) is 0 Å². The summed E-state index contributed by atoms with van der Waals surface area (Å²) in [5.74, 6) is -2.18. The van der Waals surface area contributed by atoms with Gasteiger partial charge >= 0.3 is 11.9 Å². The Bertz CT molecular complexity index is 206. The molecule has 0 heterocycles. The molecule has 0 radical (unpaired) electrons. The number of halogens is 2. The summed E-state index contributed by atoms with van der Waals surface area (Å²) >= 11 is 0. The summed E-state index contributed by atoms with van der Waals surface area (Å²) in [5, 5.41) is 8.17. The van der Waals surface area contributed by atoms with Gasteiger partial charge in [-0.2, -0.15) is 0 Å². The lowest BCUT2D eigenvalue weighted by Gasteiger charge is -2.08. The number of hydrogen-bond acceptors (Lipinski definition) is 3. The van der Waals surface area contributed by atoms with Crippen LogP contribution in [0.15, 0.2) is 0 Å². The van der Waals surface area contributed by atoms with Crippen molar-refractivity contribution in [1.82, 2.24) is 0 Å². The van der Waals surface area contributed by atoms with Crippen LogP contribution in [0.25, 0.3) is 0 Å². The third-order valence-electron chi connectivity index (χ3n) is 1.29. The van der Waals surface area contributed by atoms with E-state index in [9.17, 15) is 18.4 Å². The second kappa shape index (κ2) is 6.28. The topological polar surface area (TPSA) is 63.6 Å². The van der Waals surface area contributed by atoms with Gasteiger partial charge in [-0.1, -0.05) is 0 Å². The average Bonchev–Trinajstić information content (AvgIpc) is 1.98. The van der Waals surface area contributed by atoms with Crippen LogP contribution in [0.2, 0.25) is 0 Å². The number of alkyl halides is 2. The summed E-state index contributed by atoms with van der Waals surface area (Å²) in [6.45, 7) is 1.14. The Hall–Kier alpha value is -1.20. The lowest BCUT2D eigenvalue weighted by molar-refractivity contribution is -0.161. The SMILES string of the molecule is CC(F)CC(=O)OC(F)CCC(=O)O. The molecule has 0 aliphatic rings. The summed E-state index contributed by atoms with van der Waals surface area (Å²) in [7, 11) is 0. The molecule has 14 heavy (non-hydrogen) atoms. The molecule has 2 atom stereocenters. The fourth-order valence-electron chi connectivity index (χ4n) is 0.716. The maximum absolute atomic E-state index is 12.6. The molecule has 0 bridgehead atoms. The van der Waals surface area contributed by atoms with Crippen molar-refractivity contribution in [3.63, 3.8) is 0 Å². The second-order valence-electron chi connectivity index (χ2n) is 2.82. The molecule has 0 amide bonds. The van der Waals surface area contributed by atoms with Crippen LogP contribution in [0.5, 0.6) is 0 Å². The van der Waals surface area contributed by atoms with E-state index in [1.165, 1.54) is 0 Å². The van der Waals surface area contributed by atoms with E-state index in [1.54, 1.807) is 0 Å². The number of carbonyl (C=O) groups excluding carboxylic acids is 1. The molecule has 0 aliphatic heterocycles. The van der Waals surface area contributed by atoms with Gasteiger partial charge in [0.25, 0.3) is 0 Å². The highest BCUT2D eigenvalue weighted by molar-refractivity contribution is 5.70. The molecular formula is C8H12F2O4. The number of esters is 1. The van der Waals surface area contributed by atoms with Crippen LogP contribution < -0.4 is 0 Å². The minimum atomic E-state index is -1.97. The minimum Gasteiger partial charge on any atom is -0.481 e. The average molecular weight is 210 g/mol. The Morgan fingerprint density at radius 3 is 2.43 bits per heavy atom. The van der Waals surface area contributed by atoms with Gasteiger partial charge in [0.15, 0.2) is 0 Å². The van der Waals surface area contributed by atoms with Crippen LogP contribution in [-0.4, -0.2) is 29.6 Å². The Kier molecular flexibility index (Phi) is 5.74. The predicted molar refractivity (Wildman–Crippen MR) is 43.0 cm³/mol. The first-order chi connectivity index (χ1) is 6.41. The van der Waals surface area contributed by atoms with Gasteiger partial charge in [0, 0.05) is 6.42 Å². The maximum Gasteiger partial charge on any atom is 0.311 e. The van der Waals surface area contributed by atoms with Gasteiger partial charge in [0.05, 0.1) is 12.8 Å². The molecule has 0 rings (SSSR count). The van der Waals surface area contributed by atoms with Crippen LogP contribution in [0, 0.1) is 0 Å². The molecule has 0 saturated heterocycles. The Morgan fingerprint density at radius 2 is 2.00 bits per heavy atom. The maximum atomic E-state index is 12.6. The summed E-state index contributed by atoms with van der Waals surface area (Å²) in [6, 6.07) is 0. The summed E-state index contributed by atoms with van der Waals surface area (Å²) in [6.07, 6.45) is -4.74. The third kappa shape index (κ3) is 7.45. The molecule has 0 aromatic rings. The van der Waals surface area contributed by atoms with Gasteiger partial charge in [0.2, 0.25) is 6.36 Å². The van der Waals surface area contributed by atoms with Crippen molar-refractivity contribution in [3.05, 3.63) is 0 Å². The van der Waals surface area contributed by atoms with E-state index in [0.717, 1.165) is 6.92 Å². The second-order valence-corrected chi connectivity index (χ2v) is 2.82. The molecule has 0 aromatic carbocycles. The van der Waals surface area contributed by atoms with Gasteiger partial charge in [-0.25, -0.2) is 8.78 Å². The van der Waals surface area contributed by atoms with Crippen molar-refractivity contribution in [1.29, 1.82) is 0 Å². The quantitative estimate of drug-likeness (QED) is 0.673. The predicted octanol–water partition coefficient (Wildman–Crippen LogP) is 1.44. The minimum absolute atomic E-state index is 0.415. The van der Waals surface area contributed by atoms with Crippen molar-refractivity contribution in [2.45, 2.75) is 38.7 Å². The number of ether oxygens (including phenoxy) is 1. The molecule has 0 spiro atoms. The van der Waals surface area contributed by atoms with E-state index in [-0.39, 0.29) is 0 Å². The van der Waals surface area contributed by atoms with Crippen LogP contribution in [-0.2, 0) is 14.3 Å². The first kappa shape index (κ1) is 12.8. The van der Waals surface area contributed by atoms with Crippen molar-refractivity contribution < 1.29 is 28.2 Å². The highest BCUT2D eigenvalue weighted by Gasteiger charge is 2.16. The van der Waals surface area contributed by atoms with Gasteiger partial charge in [-0.15, -0.1) is 0 Å². The molecule has 0 aromatic heterocycles. The van der Waals surface area contributed by atoms with Gasteiger partial charge in [-0.3, -0.25) is 9.59 Å². The smallest absolute Gasteiger partial charge is 0.311 e. The summed E-state index contributed by atoms with van der Waals surface area (Å²) in [4.78, 5) is 20.7. The Labute approximate surface area is 79.9 Å². The fraction of sp³-hybridized carbons (Fsp3) is 0.750. The first-order valence-electron chi connectivity index (χ1n) is 4.11. The van der Waals surface area contributed by atoms with E-state index in [0.29, 0.717) is 0 Å². The van der Waals surface area contributed by atoms with Crippen LogP contribution >= 0.6 is 0 Å². The van der Waals surface area contributed by atoms with E-state index in [1.807, 2.05) is 0 Å². The zero-order valence-electron chi connectivity index (χ0n) is 7.70. The number of carboxylic acid groups (broad SMARTS) is 1. The van der Waals surface area contributed by atoms with E-state index in [2.05, 4.69) is 4.74 Å². The van der Waals surface area contributed by atoms with Crippen molar-refractivity contribution >= 4 is 11.9 Å². The lowest BCUT2D eigenvalue weighted by atomic mass is 10.3. The summed E-state index contributed by atoms with van der Waals surface area (Å²) in [5.41, 5.74) is 0. The number of carbonyl (C=O) groups is 2. The highest BCUT2D eigenvalue weighted by atomic mass is 19.1. The lowest BCUT2D eigenvalue weighted by Crippen LogP contribution is -2.17. The molecular weight excluding hydrogens is 198 g/mol. The number of rotatable bonds is 6. The summed E-state index contributed by atoms with van der Waals surface area (Å²) < 4.78 is 28.9. The third-order valence-corrected chi connectivity index (χ3v) is 1.29. The molecule has 4 nitrogen and oxygen atoms in total. The van der Waals surface area contributed by atoms with Gasteiger partial charge < -0.3 is 9.84 Å². The van der Waals surface area contributed by atoms with Crippen LogP contribution in [0.4, 0.5) is 8.78 Å². The molecule has 2 unspecified atom stereocenters. The van der Waals surface area contributed by atoms with Crippen LogP contribution in [0.3, 0.4) is 0 Å². The molecule has 6 heteroatoms.